The number of carbonyl (C=O) groups is 2. The van der Waals surface area contributed by atoms with Gasteiger partial charge >= 0.3 is 5.97 Å². The van der Waals surface area contributed by atoms with Gasteiger partial charge in [0.25, 0.3) is 0 Å². The maximum atomic E-state index is 11.7. The van der Waals surface area contributed by atoms with Gasteiger partial charge in [0.15, 0.2) is 11.5 Å². The van der Waals surface area contributed by atoms with Crippen LogP contribution in [-0.2, 0) is 14.3 Å². The third-order valence-corrected chi connectivity index (χ3v) is 2.71. The van der Waals surface area contributed by atoms with Gasteiger partial charge in [-0.05, 0) is 23.8 Å². The fraction of sp³-hybridized carbons (Fsp3) is 0.333. The van der Waals surface area contributed by atoms with Crippen LogP contribution < -0.4 is 19.5 Å². The summed E-state index contributed by atoms with van der Waals surface area (Å²) < 4.78 is 20.3. The predicted octanol–water partition coefficient (Wildman–Crippen LogP) is 1.36. The molecule has 1 N–H and O–H groups in total. The Kier molecular flexibility index (Phi) is 6.25. The molecule has 22 heavy (non-hydrogen) atoms. The number of rotatable bonds is 6. The fourth-order valence-corrected chi connectivity index (χ4v) is 1.80. The van der Waals surface area contributed by atoms with E-state index in [-0.39, 0.29) is 11.6 Å². The predicted molar refractivity (Wildman–Crippen MR) is 79.9 cm³/mol. The lowest BCUT2D eigenvalue weighted by Gasteiger charge is -2.13. The van der Waals surface area contributed by atoms with Crippen LogP contribution in [0.25, 0.3) is 6.08 Å². The Bertz CT molecular complexity index is 569. The van der Waals surface area contributed by atoms with Gasteiger partial charge in [-0.3, -0.25) is 4.79 Å². The Morgan fingerprint density at radius 1 is 1.00 bits per heavy atom. The Morgan fingerprint density at radius 2 is 1.55 bits per heavy atom. The summed E-state index contributed by atoms with van der Waals surface area (Å²) in [6.45, 7) is 1.30. The van der Waals surface area contributed by atoms with Gasteiger partial charge in [-0.25, -0.2) is 4.79 Å². The van der Waals surface area contributed by atoms with Crippen LogP contribution in [0.15, 0.2) is 17.8 Å². The second-order valence-electron chi connectivity index (χ2n) is 4.19. The van der Waals surface area contributed by atoms with Crippen molar-refractivity contribution in [3.63, 3.8) is 0 Å². The van der Waals surface area contributed by atoms with E-state index < -0.39 is 5.97 Å². The molecule has 0 fully saturated rings. The molecule has 1 aromatic rings. The zero-order valence-corrected chi connectivity index (χ0v) is 13.2. The molecule has 0 aliphatic heterocycles. The van der Waals surface area contributed by atoms with Crippen LogP contribution in [0.5, 0.6) is 17.2 Å². The molecular formula is C15H19NO6. The molecule has 0 atom stereocenters. The highest BCUT2D eigenvalue weighted by atomic mass is 16.5. The quantitative estimate of drug-likeness (QED) is 0.631. The SMILES string of the molecule is COC(=O)/C(=C/c1cc(OC)c(OC)c(OC)c1)NC(C)=O. The van der Waals surface area contributed by atoms with E-state index in [0.29, 0.717) is 22.8 Å². The van der Waals surface area contributed by atoms with Crippen molar-refractivity contribution in [3.8, 4) is 17.2 Å². The van der Waals surface area contributed by atoms with E-state index in [1.165, 1.54) is 41.4 Å². The Labute approximate surface area is 128 Å². The van der Waals surface area contributed by atoms with E-state index in [9.17, 15) is 9.59 Å². The van der Waals surface area contributed by atoms with Gasteiger partial charge < -0.3 is 24.3 Å². The standard InChI is InChI=1S/C15H19NO6/c1-9(17)16-11(15(18)22-5)6-10-7-12(19-2)14(21-4)13(8-10)20-3/h6-8H,1-5H3,(H,16,17)/b11-6-. The number of nitrogens with one attached hydrogen (secondary N) is 1. The van der Waals surface area contributed by atoms with Gasteiger partial charge in [0, 0.05) is 6.92 Å². The highest BCUT2D eigenvalue weighted by Gasteiger charge is 2.15. The van der Waals surface area contributed by atoms with Crippen molar-refractivity contribution in [2.45, 2.75) is 6.92 Å². The molecule has 0 unspecified atom stereocenters. The highest BCUT2D eigenvalue weighted by Crippen LogP contribution is 2.38. The molecule has 1 rings (SSSR count). The molecule has 7 heteroatoms. The molecule has 1 amide bonds. The van der Waals surface area contributed by atoms with Gasteiger partial charge in [0.2, 0.25) is 11.7 Å². The Hall–Kier alpha value is -2.70. The smallest absolute Gasteiger partial charge is 0.354 e. The van der Waals surface area contributed by atoms with E-state index in [1.807, 2.05) is 0 Å². The zero-order chi connectivity index (χ0) is 16.7. The summed E-state index contributed by atoms with van der Waals surface area (Å²) in [7, 11) is 5.69. The van der Waals surface area contributed by atoms with E-state index in [2.05, 4.69) is 10.1 Å². The molecule has 0 saturated heterocycles. The summed E-state index contributed by atoms with van der Waals surface area (Å²) in [5.41, 5.74) is 0.577. The molecule has 120 valence electrons. The maximum Gasteiger partial charge on any atom is 0.354 e. The lowest BCUT2D eigenvalue weighted by Crippen LogP contribution is -2.25. The third-order valence-electron chi connectivity index (χ3n) is 2.71. The van der Waals surface area contributed by atoms with Crippen LogP contribution in [0.3, 0.4) is 0 Å². The molecule has 0 radical (unpaired) electrons. The molecule has 0 aliphatic carbocycles. The summed E-state index contributed by atoms with van der Waals surface area (Å²) in [5, 5.41) is 2.42. The largest absolute Gasteiger partial charge is 0.493 e. The van der Waals surface area contributed by atoms with Gasteiger partial charge in [0.05, 0.1) is 28.4 Å². The van der Waals surface area contributed by atoms with E-state index in [0.717, 1.165) is 0 Å². The highest BCUT2D eigenvalue weighted by molar-refractivity contribution is 5.97. The molecule has 7 nitrogen and oxygen atoms in total. The lowest BCUT2D eigenvalue weighted by atomic mass is 10.1. The van der Waals surface area contributed by atoms with E-state index in [4.69, 9.17) is 14.2 Å². The molecule has 0 heterocycles. The number of carbonyl (C=O) groups excluding carboxylic acids is 2. The van der Waals surface area contributed by atoms with E-state index >= 15 is 0 Å². The molecular weight excluding hydrogens is 290 g/mol. The molecule has 0 spiro atoms. The van der Waals surface area contributed by atoms with Crippen LogP contribution in [0.1, 0.15) is 12.5 Å². The van der Waals surface area contributed by atoms with Crippen molar-refractivity contribution < 1.29 is 28.5 Å². The average Bonchev–Trinajstić information content (AvgIpc) is 2.51. The van der Waals surface area contributed by atoms with Gasteiger partial charge in [-0.2, -0.15) is 0 Å². The minimum absolute atomic E-state index is 0.00396. The second kappa shape index (κ2) is 7.92. The molecule has 0 bridgehead atoms. The maximum absolute atomic E-state index is 11.7. The minimum Gasteiger partial charge on any atom is -0.493 e. The summed E-state index contributed by atoms with van der Waals surface area (Å²) in [4.78, 5) is 22.9. The summed E-state index contributed by atoms with van der Waals surface area (Å²) in [5.74, 6) is 0.245. The number of benzene rings is 1. The van der Waals surface area contributed by atoms with Crippen LogP contribution in [-0.4, -0.2) is 40.3 Å². The first-order valence-corrected chi connectivity index (χ1v) is 6.34. The summed E-state index contributed by atoms with van der Waals surface area (Å²) >= 11 is 0. The van der Waals surface area contributed by atoms with Crippen LogP contribution in [0.2, 0.25) is 0 Å². The zero-order valence-electron chi connectivity index (χ0n) is 13.2. The van der Waals surface area contributed by atoms with Crippen molar-refractivity contribution in [3.05, 3.63) is 23.4 Å². The fourth-order valence-electron chi connectivity index (χ4n) is 1.80. The number of ether oxygens (including phenoxy) is 4. The third kappa shape index (κ3) is 4.15. The summed E-state index contributed by atoms with van der Waals surface area (Å²) in [6, 6.07) is 3.29. The topological polar surface area (TPSA) is 83.1 Å². The van der Waals surface area contributed by atoms with Crippen LogP contribution >= 0.6 is 0 Å². The van der Waals surface area contributed by atoms with Gasteiger partial charge in [-0.1, -0.05) is 0 Å². The Morgan fingerprint density at radius 3 is 1.91 bits per heavy atom. The van der Waals surface area contributed by atoms with Gasteiger partial charge in [0.1, 0.15) is 5.70 Å². The first-order chi connectivity index (χ1) is 10.5. The lowest BCUT2D eigenvalue weighted by molar-refractivity contribution is -0.137. The number of amides is 1. The molecule has 1 aromatic carbocycles. The van der Waals surface area contributed by atoms with Crippen molar-refractivity contribution in [2.24, 2.45) is 0 Å². The second-order valence-corrected chi connectivity index (χ2v) is 4.19. The van der Waals surface area contributed by atoms with Crippen LogP contribution in [0.4, 0.5) is 0 Å². The number of hydrogen-bond acceptors (Lipinski definition) is 6. The monoisotopic (exact) mass is 309 g/mol. The molecule has 0 aliphatic rings. The van der Waals surface area contributed by atoms with Crippen LogP contribution in [0, 0.1) is 0 Å². The van der Waals surface area contributed by atoms with Gasteiger partial charge in [-0.15, -0.1) is 0 Å². The normalized spacial score (nSPS) is 10.7. The first kappa shape index (κ1) is 17.4. The minimum atomic E-state index is -0.663. The van der Waals surface area contributed by atoms with Crippen molar-refractivity contribution >= 4 is 18.0 Å². The van der Waals surface area contributed by atoms with E-state index in [1.54, 1.807) is 12.1 Å². The first-order valence-electron chi connectivity index (χ1n) is 6.34. The number of hydrogen-bond donors (Lipinski definition) is 1. The Balaban J connectivity index is 3.36. The number of methoxy groups -OCH3 is 4. The van der Waals surface area contributed by atoms with Crippen molar-refractivity contribution in [2.75, 3.05) is 28.4 Å². The molecule has 0 saturated carbocycles. The van der Waals surface area contributed by atoms with Crippen molar-refractivity contribution in [1.82, 2.24) is 5.32 Å². The van der Waals surface area contributed by atoms with Crippen molar-refractivity contribution in [1.29, 1.82) is 0 Å². The molecule has 0 aromatic heterocycles. The summed E-state index contributed by atoms with van der Waals surface area (Å²) in [6.07, 6.45) is 1.46. The average molecular weight is 309 g/mol. The number of esters is 1.